The zero-order chi connectivity index (χ0) is 27.6. The van der Waals surface area contributed by atoms with Gasteiger partial charge in [-0.2, -0.15) is 0 Å². The van der Waals surface area contributed by atoms with Gasteiger partial charge < -0.3 is 14.7 Å². The standard InChI is InChI=1S/C36H53NO2/c1-4-5-6-7-8-9-10-11-12-13-14-15-16-17-18-21-28-37-33-23-20-19-22-32(33)35(2,3)36(37)27-26-30-29-31(38)24-25-34(30)39-36/h19-20,22-27,29,38H,4-18,21,28H2,1-3H3. The van der Waals surface area contributed by atoms with Crippen molar-refractivity contribution < 1.29 is 9.84 Å². The van der Waals surface area contributed by atoms with Gasteiger partial charge in [-0.3, -0.25) is 0 Å². The normalized spacial score (nSPS) is 18.8. The van der Waals surface area contributed by atoms with E-state index in [0.29, 0.717) is 0 Å². The molecule has 0 radical (unpaired) electrons. The fourth-order valence-corrected chi connectivity index (χ4v) is 6.70. The van der Waals surface area contributed by atoms with Gasteiger partial charge in [0.15, 0.2) is 0 Å². The van der Waals surface area contributed by atoms with Crippen molar-refractivity contribution in [1.29, 1.82) is 0 Å². The number of phenolic OH excluding ortho intramolecular Hbond substituents is 1. The van der Waals surface area contributed by atoms with E-state index < -0.39 is 5.72 Å². The van der Waals surface area contributed by atoms with Gasteiger partial charge in [0.05, 0.1) is 5.41 Å². The molecule has 214 valence electrons. The lowest BCUT2D eigenvalue weighted by atomic mass is 9.76. The Bertz CT molecular complexity index is 1060. The number of hydrogen-bond acceptors (Lipinski definition) is 3. The second-order valence-electron chi connectivity index (χ2n) is 12.5. The molecule has 0 saturated heterocycles. The number of ether oxygens (including phenoxy) is 1. The van der Waals surface area contributed by atoms with Crippen molar-refractivity contribution in [2.75, 3.05) is 11.4 Å². The number of unbranched alkanes of at least 4 members (excludes halogenated alkanes) is 15. The average molecular weight is 532 g/mol. The molecule has 0 aromatic heterocycles. The minimum atomic E-state index is -0.559. The molecule has 0 fully saturated rings. The summed E-state index contributed by atoms with van der Waals surface area (Å²) in [6.07, 6.45) is 26.5. The zero-order valence-corrected chi connectivity index (χ0v) is 25.0. The lowest BCUT2D eigenvalue weighted by Gasteiger charge is -2.47. The van der Waals surface area contributed by atoms with Crippen LogP contribution in [0.2, 0.25) is 0 Å². The summed E-state index contributed by atoms with van der Waals surface area (Å²) >= 11 is 0. The maximum atomic E-state index is 9.95. The van der Waals surface area contributed by atoms with Crippen LogP contribution in [0.3, 0.4) is 0 Å². The predicted molar refractivity (Wildman–Crippen MR) is 167 cm³/mol. The van der Waals surface area contributed by atoms with Crippen LogP contribution >= 0.6 is 0 Å². The summed E-state index contributed by atoms with van der Waals surface area (Å²) in [5.74, 6) is 1.12. The van der Waals surface area contributed by atoms with Crippen molar-refractivity contribution in [3.8, 4) is 11.5 Å². The molecule has 3 heteroatoms. The van der Waals surface area contributed by atoms with Crippen LogP contribution in [0.25, 0.3) is 6.08 Å². The second kappa shape index (κ2) is 14.3. The van der Waals surface area contributed by atoms with Gasteiger partial charge in [-0.15, -0.1) is 0 Å². The molecular formula is C36H53NO2. The predicted octanol–water partition coefficient (Wildman–Crippen LogP) is 10.6. The Morgan fingerprint density at radius 1 is 0.718 bits per heavy atom. The van der Waals surface area contributed by atoms with Gasteiger partial charge in [0.25, 0.3) is 0 Å². The third kappa shape index (κ3) is 7.02. The molecule has 4 rings (SSSR count). The van der Waals surface area contributed by atoms with Crippen molar-refractivity contribution in [2.24, 2.45) is 0 Å². The van der Waals surface area contributed by atoms with E-state index in [1.165, 1.54) is 114 Å². The van der Waals surface area contributed by atoms with Crippen LogP contribution in [0.15, 0.2) is 48.5 Å². The van der Waals surface area contributed by atoms with Gasteiger partial charge in [-0.25, -0.2) is 0 Å². The molecule has 2 aromatic rings. The number of fused-ring (bicyclic) bond motifs is 2. The molecule has 2 aliphatic rings. The molecule has 0 amide bonds. The second-order valence-corrected chi connectivity index (χ2v) is 12.5. The van der Waals surface area contributed by atoms with E-state index in [0.717, 1.165) is 17.9 Å². The van der Waals surface area contributed by atoms with Gasteiger partial charge in [0, 0.05) is 17.8 Å². The molecule has 2 aliphatic heterocycles. The summed E-state index contributed by atoms with van der Waals surface area (Å²) < 4.78 is 6.85. The first kappa shape index (κ1) is 29.6. The molecule has 2 heterocycles. The van der Waals surface area contributed by atoms with Crippen LogP contribution in [0.4, 0.5) is 5.69 Å². The molecule has 39 heavy (non-hydrogen) atoms. The van der Waals surface area contributed by atoms with E-state index >= 15 is 0 Å². The maximum Gasteiger partial charge on any atom is 0.212 e. The van der Waals surface area contributed by atoms with Crippen LogP contribution < -0.4 is 9.64 Å². The fourth-order valence-electron chi connectivity index (χ4n) is 6.70. The topological polar surface area (TPSA) is 32.7 Å². The molecule has 0 bridgehead atoms. The molecule has 0 aliphatic carbocycles. The molecule has 1 atom stereocenters. The van der Waals surface area contributed by atoms with E-state index in [-0.39, 0.29) is 11.2 Å². The summed E-state index contributed by atoms with van der Waals surface area (Å²) in [7, 11) is 0. The highest BCUT2D eigenvalue weighted by Gasteiger charge is 2.58. The lowest BCUT2D eigenvalue weighted by molar-refractivity contribution is 0.0531. The number of aromatic hydroxyl groups is 1. The first-order valence-corrected chi connectivity index (χ1v) is 16.1. The zero-order valence-electron chi connectivity index (χ0n) is 25.0. The molecule has 2 aromatic carbocycles. The Hall–Kier alpha value is -2.42. The summed E-state index contributed by atoms with van der Waals surface area (Å²) in [5.41, 5.74) is 2.81. The van der Waals surface area contributed by atoms with Crippen LogP contribution in [0.1, 0.15) is 135 Å². The van der Waals surface area contributed by atoms with Crippen molar-refractivity contribution in [3.63, 3.8) is 0 Å². The summed E-state index contributed by atoms with van der Waals surface area (Å²) in [6, 6.07) is 14.2. The van der Waals surface area contributed by atoms with E-state index in [1.807, 2.05) is 6.07 Å². The van der Waals surface area contributed by atoms with Crippen LogP contribution in [0.5, 0.6) is 11.5 Å². The number of benzene rings is 2. The summed E-state index contributed by atoms with van der Waals surface area (Å²) in [6.45, 7) is 7.88. The number of rotatable bonds is 17. The Morgan fingerprint density at radius 2 is 1.28 bits per heavy atom. The van der Waals surface area contributed by atoms with Crippen molar-refractivity contribution in [2.45, 2.75) is 135 Å². The van der Waals surface area contributed by atoms with Gasteiger partial charge in [0.2, 0.25) is 5.72 Å². The minimum Gasteiger partial charge on any atom is -0.508 e. The van der Waals surface area contributed by atoms with Crippen molar-refractivity contribution in [3.05, 3.63) is 59.7 Å². The maximum absolute atomic E-state index is 9.95. The van der Waals surface area contributed by atoms with Gasteiger partial charge in [0.1, 0.15) is 11.5 Å². The Labute approximate surface area is 238 Å². The summed E-state index contributed by atoms with van der Waals surface area (Å²) in [4.78, 5) is 2.50. The molecule has 1 unspecified atom stereocenters. The Balaban J connectivity index is 1.19. The molecule has 1 N–H and O–H groups in total. The van der Waals surface area contributed by atoms with E-state index in [4.69, 9.17) is 4.74 Å². The first-order chi connectivity index (χ1) is 19.0. The van der Waals surface area contributed by atoms with E-state index in [9.17, 15) is 5.11 Å². The summed E-state index contributed by atoms with van der Waals surface area (Å²) in [5, 5.41) is 9.95. The number of para-hydroxylation sites is 1. The number of phenols is 1. The van der Waals surface area contributed by atoms with Gasteiger partial charge in [-0.1, -0.05) is 121 Å². The number of anilines is 1. The highest BCUT2D eigenvalue weighted by Crippen LogP contribution is 2.55. The number of nitrogens with zero attached hydrogens (tertiary/aromatic N) is 1. The number of hydrogen-bond donors (Lipinski definition) is 1. The third-order valence-corrected chi connectivity index (χ3v) is 9.15. The van der Waals surface area contributed by atoms with Crippen LogP contribution in [0, 0.1) is 0 Å². The monoisotopic (exact) mass is 531 g/mol. The molecule has 3 nitrogen and oxygen atoms in total. The highest BCUT2D eigenvalue weighted by molar-refractivity contribution is 5.72. The lowest BCUT2D eigenvalue weighted by Crippen LogP contribution is -2.59. The average Bonchev–Trinajstić information content (AvgIpc) is 3.11. The first-order valence-electron chi connectivity index (χ1n) is 16.1. The SMILES string of the molecule is CCCCCCCCCCCCCCCCCCN1c2ccccc2C(C)(C)C12C=Cc1cc(O)ccc1O2. The van der Waals surface area contributed by atoms with E-state index in [1.54, 1.807) is 12.1 Å². The van der Waals surface area contributed by atoms with Crippen molar-refractivity contribution >= 4 is 11.8 Å². The molecular weight excluding hydrogens is 478 g/mol. The van der Waals surface area contributed by atoms with Crippen molar-refractivity contribution in [1.82, 2.24) is 0 Å². The molecule has 0 saturated carbocycles. The van der Waals surface area contributed by atoms with Gasteiger partial charge >= 0.3 is 0 Å². The minimum absolute atomic E-state index is 0.204. The quantitative estimate of drug-likeness (QED) is 0.206. The Kier molecular flexibility index (Phi) is 10.8. The van der Waals surface area contributed by atoms with E-state index in [2.05, 4.69) is 62.1 Å². The Morgan fingerprint density at radius 3 is 1.90 bits per heavy atom. The third-order valence-electron chi connectivity index (χ3n) is 9.15. The largest absolute Gasteiger partial charge is 0.508 e. The smallest absolute Gasteiger partial charge is 0.212 e. The van der Waals surface area contributed by atoms with Crippen LogP contribution in [-0.4, -0.2) is 17.4 Å². The molecule has 1 spiro atoms. The fraction of sp³-hybridized carbons (Fsp3) is 0.611. The van der Waals surface area contributed by atoms with Crippen LogP contribution in [-0.2, 0) is 5.41 Å². The van der Waals surface area contributed by atoms with Gasteiger partial charge in [-0.05, 0) is 62.2 Å². The highest BCUT2D eigenvalue weighted by atomic mass is 16.5.